The van der Waals surface area contributed by atoms with Crippen LogP contribution in [0, 0.1) is 5.92 Å². The number of fused-ring (bicyclic) bond motifs is 1. The fourth-order valence-corrected chi connectivity index (χ4v) is 3.38. The van der Waals surface area contributed by atoms with Crippen LogP contribution in [-0.4, -0.2) is 35.2 Å². The van der Waals surface area contributed by atoms with Gasteiger partial charge < -0.3 is 9.47 Å². The van der Waals surface area contributed by atoms with Gasteiger partial charge in [-0.2, -0.15) is 5.10 Å². The lowest BCUT2D eigenvalue weighted by molar-refractivity contribution is 0.0104. The molecule has 0 spiro atoms. The second-order valence-corrected chi connectivity index (χ2v) is 6.51. The zero-order valence-electron chi connectivity index (χ0n) is 12.5. The lowest BCUT2D eigenvalue weighted by Crippen LogP contribution is -2.29. The molecule has 120 valence electrons. The van der Waals surface area contributed by atoms with Gasteiger partial charge in [-0.1, -0.05) is 23.7 Å². The zero-order valence-corrected chi connectivity index (χ0v) is 13.3. The van der Waals surface area contributed by atoms with Crippen molar-refractivity contribution in [1.82, 2.24) is 9.78 Å². The van der Waals surface area contributed by atoms with Gasteiger partial charge in [-0.05, 0) is 24.6 Å². The third-order valence-electron chi connectivity index (χ3n) is 4.46. The maximum absolute atomic E-state index is 12.1. The number of rotatable bonds is 3. The summed E-state index contributed by atoms with van der Waals surface area (Å²) in [6, 6.07) is 10.7. The van der Waals surface area contributed by atoms with Gasteiger partial charge in [0.15, 0.2) is 0 Å². The molecule has 2 aliphatic heterocycles. The van der Waals surface area contributed by atoms with Crippen molar-refractivity contribution in [3.8, 4) is 11.3 Å². The van der Waals surface area contributed by atoms with E-state index >= 15 is 0 Å². The molecule has 0 saturated carbocycles. The van der Waals surface area contributed by atoms with E-state index in [2.05, 4.69) is 5.10 Å². The summed E-state index contributed by atoms with van der Waals surface area (Å²) in [5, 5.41) is 5.16. The van der Waals surface area contributed by atoms with Crippen molar-refractivity contribution >= 4 is 11.6 Å². The number of hydrogen-bond donors (Lipinski definition) is 0. The standard InChI is InChI=1S/C17H17ClN2O3/c18-13-3-1-11(2-4-13)15-5-6-17(21)20(19-15)8-14-7-12-9-22-10-16(12)23-14/h1-6,12,14,16H,7-10H2/t12-,14-,16+/m0/s1. The Balaban J connectivity index is 1.55. The van der Waals surface area contributed by atoms with Crippen molar-refractivity contribution < 1.29 is 9.47 Å². The molecule has 2 aliphatic rings. The van der Waals surface area contributed by atoms with Crippen LogP contribution in [0.25, 0.3) is 11.3 Å². The highest BCUT2D eigenvalue weighted by Gasteiger charge is 2.39. The lowest BCUT2D eigenvalue weighted by atomic mass is 10.0. The van der Waals surface area contributed by atoms with Crippen LogP contribution >= 0.6 is 11.6 Å². The molecule has 2 saturated heterocycles. The molecule has 1 aromatic heterocycles. The second-order valence-electron chi connectivity index (χ2n) is 6.08. The first-order valence-electron chi connectivity index (χ1n) is 7.76. The maximum atomic E-state index is 12.1. The van der Waals surface area contributed by atoms with Crippen LogP contribution in [0.3, 0.4) is 0 Å². The van der Waals surface area contributed by atoms with Crippen LogP contribution in [0.5, 0.6) is 0 Å². The van der Waals surface area contributed by atoms with Crippen LogP contribution in [-0.2, 0) is 16.0 Å². The fourth-order valence-electron chi connectivity index (χ4n) is 3.25. The SMILES string of the molecule is O=c1ccc(-c2ccc(Cl)cc2)nn1C[C@@H]1C[C@H]2COC[C@H]2O1. The molecular weight excluding hydrogens is 316 g/mol. The molecule has 4 rings (SSSR count). The van der Waals surface area contributed by atoms with Crippen LogP contribution in [0.1, 0.15) is 6.42 Å². The van der Waals surface area contributed by atoms with Gasteiger partial charge in [0.1, 0.15) is 0 Å². The van der Waals surface area contributed by atoms with E-state index < -0.39 is 0 Å². The summed E-state index contributed by atoms with van der Waals surface area (Å²) < 4.78 is 12.9. The van der Waals surface area contributed by atoms with Crippen LogP contribution in [0.4, 0.5) is 0 Å². The van der Waals surface area contributed by atoms with E-state index in [0.29, 0.717) is 24.1 Å². The van der Waals surface area contributed by atoms with Crippen molar-refractivity contribution in [2.24, 2.45) is 5.92 Å². The van der Waals surface area contributed by atoms with Crippen LogP contribution in [0.15, 0.2) is 41.2 Å². The van der Waals surface area contributed by atoms with Crippen LogP contribution in [0.2, 0.25) is 5.02 Å². The summed E-state index contributed by atoms with van der Waals surface area (Å²) in [5.74, 6) is 0.454. The Hall–Kier alpha value is -1.69. The lowest BCUT2D eigenvalue weighted by Gasteiger charge is -2.14. The fraction of sp³-hybridized carbons (Fsp3) is 0.412. The van der Waals surface area contributed by atoms with Gasteiger partial charge in [0.25, 0.3) is 5.56 Å². The molecule has 0 amide bonds. The number of halogens is 1. The molecule has 0 unspecified atom stereocenters. The summed E-state index contributed by atoms with van der Waals surface area (Å²) in [6.45, 7) is 1.90. The number of aromatic nitrogens is 2. The molecule has 0 N–H and O–H groups in total. The van der Waals surface area contributed by atoms with Crippen molar-refractivity contribution in [1.29, 1.82) is 0 Å². The Kier molecular flexibility index (Phi) is 3.93. The van der Waals surface area contributed by atoms with Gasteiger partial charge >= 0.3 is 0 Å². The third-order valence-corrected chi connectivity index (χ3v) is 4.71. The van der Waals surface area contributed by atoms with E-state index in [4.69, 9.17) is 21.1 Å². The Labute approximate surface area is 138 Å². The summed E-state index contributed by atoms with van der Waals surface area (Å²) >= 11 is 5.91. The van der Waals surface area contributed by atoms with E-state index in [9.17, 15) is 4.79 Å². The van der Waals surface area contributed by atoms with Crippen LogP contribution < -0.4 is 5.56 Å². The molecule has 1 aromatic carbocycles. The average Bonchev–Trinajstić information content (AvgIpc) is 3.12. The largest absolute Gasteiger partial charge is 0.378 e. The van der Waals surface area contributed by atoms with Gasteiger partial charge in [0, 0.05) is 22.6 Å². The molecule has 3 heterocycles. The Morgan fingerprint density at radius 1 is 1.17 bits per heavy atom. The average molecular weight is 333 g/mol. The first-order chi connectivity index (χ1) is 11.2. The minimum Gasteiger partial charge on any atom is -0.378 e. The van der Waals surface area contributed by atoms with E-state index in [1.54, 1.807) is 12.1 Å². The molecule has 3 atom stereocenters. The van der Waals surface area contributed by atoms with Gasteiger partial charge in [-0.25, -0.2) is 4.68 Å². The molecule has 6 heteroatoms. The number of ether oxygens (including phenoxy) is 2. The van der Waals surface area contributed by atoms with Gasteiger partial charge in [-0.15, -0.1) is 0 Å². The topological polar surface area (TPSA) is 53.4 Å². The predicted octanol–water partition coefficient (Wildman–Crippen LogP) is 2.37. The molecule has 2 aromatic rings. The van der Waals surface area contributed by atoms with Gasteiger partial charge in [0.2, 0.25) is 0 Å². The summed E-state index contributed by atoms with van der Waals surface area (Å²) in [6.07, 6.45) is 1.12. The van der Waals surface area contributed by atoms with Crippen molar-refractivity contribution in [3.05, 3.63) is 51.8 Å². The summed E-state index contributed by atoms with van der Waals surface area (Å²) in [7, 11) is 0. The smallest absolute Gasteiger partial charge is 0.266 e. The summed E-state index contributed by atoms with van der Waals surface area (Å²) in [5.41, 5.74) is 1.57. The predicted molar refractivity (Wildman–Crippen MR) is 86.5 cm³/mol. The van der Waals surface area contributed by atoms with E-state index in [-0.39, 0.29) is 17.8 Å². The number of benzene rings is 1. The monoisotopic (exact) mass is 332 g/mol. The normalized spacial score (nSPS) is 26.4. The Bertz CT molecular complexity index is 747. The van der Waals surface area contributed by atoms with E-state index in [1.165, 1.54) is 4.68 Å². The van der Waals surface area contributed by atoms with E-state index in [1.807, 2.05) is 24.3 Å². The second kappa shape index (κ2) is 6.07. The molecule has 2 fully saturated rings. The Morgan fingerprint density at radius 3 is 2.78 bits per heavy atom. The summed E-state index contributed by atoms with van der Waals surface area (Å²) in [4.78, 5) is 12.1. The molecule has 5 nitrogen and oxygen atoms in total. The van der Waals surface area contributed by atoms with Crippen molar-refractivity contribution in [2.45, 2.75) is 25.2 Å². The highest BCUT2D eigenvalue weighted by atomic mass is 35.5. The molecule has 23 heavy (non-hydrogen) atoms. The quantitative estimate of drug-likeness (QED) is 0.866. The number of nitrogens with zero attached hydrogens (tertiary/aromatic N) is 2. The van der Waals surface area contributed by atoms with Crippen molar-refractivity contribution in [2.75, 3.05) is 13.2 Å². The zero-order chi connectivity index (χ0) is 15.8. The molecule has 0 bridgehead atoms. The molecule has 0 radical (unpaired) electrons. The maximum Gasteiger partial charge on any atom is 0.266 e. The van der Waals surface area contributed by atoms with Gasteiger partial charge in [0.05, 0.1) is 37.7 Å². The highest BCUT2D eigenvalue weighted by molar-refractivity contribution is 6.30. The third kappa shape index (κ3) is 3.04. The van der Waals surface area contributed by atoms with E-state index in [0.717, 1.165) is 24.3 Å². The van der Waals surface area contributed by atoms with Gasteiger partial charge in [-0.3, -0.25) is 4.79 Å². The molecular formula is C17H17ClN2O3. The van der Waals surface area contributed by atoms with Crippen molar-refractivity contribution in [3.63, 3.8) is 0 Å². The first kappa shape index (κ1) is 14.9. The minimum absolute atomic E-state index is 0.0274. The minimum atomic E-state index is -0.111. The molecule has 0 aliphatic carbocycles. The first-order valence-corrected chi connectivity index (χ1v) is 8.14. The highest BCUT2D eigenvalue weighted by Crippen LogP contribution is 2.31. The Morgan fingerprint density at radius 2 is 2.00 bits per heavy atom. The number of hydrogen-bond acceptors (Lipinski definition) is 4.